The number of allylic oxidation sites excluding steroid dienone is 1. The Hall–Kier alpha value is -1.56. The van der Waals surface area contributed by atoms with Crippen molar-refractivity contribution in [1.82, 2.24) is 10.2 Å². The van der Waals surface area contributed by atoms with Crippen LogP contribution < -0.4 is 5.32 Å². The van der Waals surface area contributed by atoms with Crippen LogP contribution >= 0.6 is 11.6 Å². The summed E-state index contributed by atoms with van der Waals surface area (Å²) in [6.45, 7) is 6.28. The molecule has 0 aromatic carbocycles. The van der Waals surface area contributed by atoms with Crippen molar-refractivity contribution in [3.05, 3.63) is 11.3 Å². The largest absolute Gasteiger partial charge is 0.444 e. The number of ether oxygens (including phenoxy) is 1. The van der Waals surface area contributed by atoms with Crippen molar-refractivity contribution in [2.75, 3.05) is 6.54 Å². The molecule has 2 aliphatic heterocycles. The van der Waals surface area contributed by atoms with Gasteiger partial charge in [0, 0.05) is 35.8 Å². The van der Waals surface area contributed by atoms with E-state index in [2.05, 4.69) is 10.2 Å². The van der Waals surface area contributed by atoms with Gasteiger partial charge in [-0.25, -0.2) is 4.79 Å². The van der Waals surface area contributed by atoms with Crippen LogP contribution in [0.1, 0.15) is 65.7 Å². The lowest BCUT2D eigenvalue weighted by Crippen LogP contribution is -2.41. The van der Waals surface area contributed by atoms with Crippen LogP contribution in [0.25, 0.3) is 0 Å². The highest BCUT2D eigenvalue weighted by Gasteiger charge is 2.45. The molecule has 3 aliphatic rings. The average molecular weight is 397 g/mol. The third-order valence-corrected chi connectivity index (χ3v) is 5.92. The molecule has 1 N–H and O–H groups in total. The van der Waals surface area contributed by atoms with Crippen molar-refractivity contribution >= 4 is 28.7 Å². The Kier molecular flexibility index (Phi) is 5.84. The maximum atomic E-state index is 12.5. The average Bonchev–Trinajstić information content (AvgIpc) is 2.74. The molecule has 2 fully saturated rings. The lowest BCUT2D eigenvalue weighted by molar-refractivity contribution is -0.130. The predicted octanol–water partition coefficient (Wildman–Crippen LogP) is 3.53. The molecule has 1 aliphatic carbocycles. The molecule has 1 saturated carbocycles. The molecule has 3 unspecified atom stereocenters. The van der Waals surface area contributed by atoms with Gasteiger partial charge >= 0.3 is 6.09 Å². The van der Waals surface area contributed by atoms with Gasteiger partial charge in [-0.2, -0.15) is 0 Å². The smallest absolute Gasteiger partial charge is 0.407 e. The predicted molar refractivity (Wildman–Crippen MR) is 102 cm³/mol. The van der Waals surface area contributed by atoms with Gasteiger partial charge in [0.1, 0.15) is 5.60 Å². The van der Waals surface area contributed by atoms with E-state index >= 15 is 0 Å². The number of nitrogens with one attached hydrogen (secondary N) is 1. The Morgan fingerprint density at radius 2 is 1.81 bits per heavy atom. The molecule has 3 rings (SSSR count). The van der Waals surface area contributed by atoms with Gasteiger partial charge in [-0.1, -0.05) is 12.8 Å². The number of hydrogen-bond acceptors (Lipinski definition) is 5. The zero-order valence-electron chi connectivity index (χ0n) is 16.3. The molecule has 6 nitrogen and oxygen atoms in total. The second-order valence-corrected chi connectivity index (χ2v) is 9.13. The van der Waals surface area contributed by atoms with Crippen LogP contribution in [0.2, 0.25) is 0 Å². The van der Waals surface area contributed by atoms with Crippen molar-refractivity contribution in [3.8, 4) is 0 Å². The molecule has 0 radical (unpaired) electrons. The van der Waals surface area contributed by atoms with E-state index in [0.717, 1.165) is 50.8 Å². The molecule has 27 heavy (non-hydrogen) atoms. The van der Waals surface area contributed by atoms with Gasteiger partial charge in [-0.05, 0) is 64.5 Å². The van der Waals surface area contributed by atoms with E-state index in [1.807, 2.05) is 20.8 Å². The summed E-state index contributed by atoms with van der Waals surface area (Å²) in [7, 11) is 0. The minimum atomic E-state index is -0.892. The second kappa shape index (κ2) is 7.82. The first-order chi connectivity index (χ1) is 12.7. The van der Waals surface area contributed by atoms with Crippen LogP contribution in [0, 0.1) is 5.92 Å². The first-order valence-corrected chi connectivity index (χ1v) is 10.3. The van der Waals surface area contributed by atoms with Crippen LogP contribution in [0.5, 0.6) is 0 Å². The summed E-state index contributed by atoms with van der Waals surface area (Å²) in [5, 5.41) is 2.06. The lowest BCUT2D eigenvalue weighted by atomic mass is 9.80. The summed E-state index contributed by atoms with van der Waals surface area (Å²) < 4.78 is 5.36. The Bertz CT molecular complexity index is 667. The summed E-state index contributed by atoms with van der Waals surface area (Å²) in [5.41, 5.74) is 1.07. The number of carbonyl (C=O) groups excluding carboxylic acids is 3. The summed E-state index contributed by atoms with van der Waals surface area (Å²) in [6.07, 6.45) is 5.96. The van der Waals surface area contributed by atoms with Gasteiger partial charge in [0.25, 0.3) is 5.24 Å². The third-order valence-electron chi connectivity index (χ3n) is 5.75. The van der Waals surface area contributed by atoms with E-state index in [4.69, 9.17) is 16.3 Å². The quantitative estimate of drug-likeness (QED) is 0.583. The van der Waals surface area contributed by atoms with Crippen molar-refractivity contribution < 1.29 is 19.1 Å². The van der Waals surface area contributed by atoms with E-state index in [9.17, 15) is 14.4 Å². The van der Waals surface area contributed by atoms with E-state index in [1.54, 1.807) is 0 Å². The minimum Gasteiger partial charge on any atom is -0.444 e. The van der Waals surface area contributed by atoms with E-state index in [-0.39, 0.29) is 18.0 Å². The summed E-state index contributed by atoms with van der Waals surface area (Å²) in [6, 6.07) is 0.270. The van der Waals surface area contributed by atoms with Gasteiger partial charge < -0.3 is 15.0 Å². The Morgan fingerprint density at radius 1 is 1.11 bits per heavy atom. The fourth-order valence-corrected chi connectivity index (χ4v) is 4.84. The van der Waals surface area contributed by atoms with Crippen LogP contribution in [-0.4, -0.2) is 46.2 Å². The molecule has 0 aromatic heterocycles. The summed E-state index contributed by atoms with van der Waals surface area (Å²) >= 11 is 5.56. The molecule has 7 heteroatoms. The van der Waals surface area contributed by atoms with Crippen molar-refractivity contribution in [1.29, 1.82) is 0 Å². The fraction of sp³-hybridized carbons (Fsp3) is 0.750. The molecular weight excluding hydrogens is 368 g/mol. The molecule has 1 amide bonds. The van der Waals surface area contributed by atoms with E-state index in [1.165, 1.54) is 0 Å². The minimum absolute atomic E-state index is 0.0111. The highest BCUT2D eigenvalue weighted by molar-refractivity contribution is 6.83. The number of hydrogen-bond donors (Lipinski definition) is 1. The van der Waals surface area contributed by atoms with Crippen LogP contribution in [-0.2, 0) is 14.3 Å². The number of ketones is 1. The van der Waals surface area contributed by atoms with E-state index < -0.39 is 22.7 Å². The van der Waals surface area contributed by atoms with Crippen molar-refractivity contribution in [2.24, 2.45) is 5.92 Å². The summed E-state index contributed by atoms with van der Waals surface area (Å²) in [4.78, 5) is 38.5. The molecule has 2 heterocycles. The maximum absolute atomic E-state index is 12.5. The number of nitrogens with zero attached hydrogens (tertiary/aromatic N) is 1. The molecule has 0 aromatic rings. The van der Waals surface area contributed by atoms with Gasteiger partial charge in [0.05, 0.1) is 0 Å². The Balaban J connectivity index is 1.77. The topological polar surface area (TPSA) is 75.7 Å². The van der Waals surface area contributed by atoms with Crippen LogP contribution in [0.15, 0.2) is 11.3 Å². The lowest BCUT2D eigenvalue weighted by Gasteiger charge is -2.34. The van der Waals surface area contributed by atoms with Crippen LogP contribution in [0.4, 0.5) is 4.79 Å². The highest BCUT2D eigenvalue weighted by Crippen LogP contribution is 2.45. The molecule has 1 saturated heterocycles. The number of rotatable bonds is 3. The maximum Gasteiger partial charge on any atom is 0.407 e. The Morgan fingerprint density at radius 3 is 2.48 bits per heavy atom. The molecule has 0 bridgehead atoms. The first kappa shape index (κ1) is 20.2. The van der Waals surface area contributed by atoms with Gasteiger partial charge in [-0.15, -0.1) is 0 Å². The molecular formula is C20H29ClN2O4. The number of Topliss-reactive ketones (excluding diaryl/α,β-unsaturated/α-hetero) is 1. The van der Waals surface area contributed by atoms with Crippen LogP contribution in [0.3, 0.4) is 0 Å². The zero-order chi connectivity index (χ0) is 19.8. The number of halogens is 1. The molecule has 3 atom stereocenters. The van der Waals surface area contributed by atoms with Gasteiger partial charge in [0.15, 0.2) is 0 Å². The summed E-state index contributed by atoms with van der Waals surface area (Å²) in [5.74, 6) is -0.413. The number of fused-ring (bicyclic) bond motifs is 3. The Labute approximate surface area is 165 Å². The first-order valence-electron chi connectivity index (χ1n) is 9.90. The van der Waals surface area contributed by atoms with Crippen molar-refractivity contribution in [3.63, 3.8) is 0 Å². The molecule has 0 spiro atoms. The van der Waals surface area contributed by atoms with Crippen molar-refractivity contribution in [2.45, 2.75) is 83.4 Å². The second-order valence-electron chi connectivity index (χ2n) is 8.79. The van der Waals surface area contributed by atoms with E-state index in [0.29, 0.717) is 12.0 Å². The third kappa shape index (κ3) is 4.48. The SMILES string of the molecule is CC(C)(C)OC(=O)NC1CCC2=C(C(=O)C(=O)Cl)C3CCCCC3N2CC1. The normalized spacial score (nSPS) is 28.1. The van der Waals surface area contributed by atoms with Gasteiger partial charge in [0.2, 0.25) is 5.78 Å². The number of carbonyl (C=O) groups is 3. The number of amides is 1. The standard InChI is InChI=1S/C20H29ClN2O4/c1-20(2,3)27-19(26)22-12-8-9-15-16(17(24)18(21)25)13-6-4-5-7-14(13)23(15)11-10-12/h12-14H,4-11H2,1-3H3,(H,22,26). The fourth-order valence-electron chi connectivity index (χ4n) is 4.74. The highest BCUT2D eigenvalue weighted by atomic mass is 35.5. The molecule has 150 valence electrons. The zero-order valence-corrected chi connectivity index (χ0v) is 17.1. The van der Waals surface area contributed by atoms with Gasteiger partial charge in [-0.3, -0.25) is 9.59 Å². The number of alkyl carbamates (subject to hydrolysis) is 1. The monoisotopic (exact) mass is 396 g/mol.